The molecule has 0 unspecified atom stereocenters. The SMILES string of the molecule is C=Nc1n(C)cc[n+]1C.CC.Cc1ccc(Nc2ccc(N)cc2)cc1. The molecule has 138 valence electrons. The molecule has 0 aliphatic heterocycles. The molecule has 3 aromatic rings. The van der Waals surface area contributed by atoms with Gasteiger partial charge in [-0.1, -0.05) is 36.5 Å². The lowest BCUT2D eigenvalue weighted by molar-refractivity contribution is -0.657. The van der Waals surface area contributed by atoms with Crippen molar-refractivity contribution in [2.24, 2.45) is 19.1 Å². The van der Waals surface area contributed by atoms with Crippen LogP contribution in [0.5, 0.6) is 0 Å². The molecule has 3 rings (SSSR count). The minimum absolute atomic E-state index is 0.782. The average molecular weight is 353 g/mol. The summed E-state index contributed by atoms with van der Waals surface area (Å²) in [6, 6.07) is 16.0. The quantitative estimate of drug-likeness (QED) is 0.413. The van der Waals surface area contributed by atoms with Gasteiger partial charge in [0.05, 0.1) is 33.2 Å². The number of imidazole rings is 1. The van der Waals surface area contributed by atoms with Crippen molar-refractivity contribution in [3.05, 3.63) is 66.5 Å². The summed E-state index contributed by atoms with van der Waals surface area (Å²) < 4.78 is 3.82. The summed E-state index contributed by atoms with van der Waals surface area (Å²) in [4.78, 5) is 3.81. The monoisotopic (exact) mass is 352 g/mol. The Balaban J connectivity index is 0.000000263. The molecule has 0 saturated heterocycles. The van der Waals surface area contributed by atoms with Gasteiger partial charge in [-0.3, -0.25) is 0 Å². The van der Waals surface area contributed by atoms with Crippen LogP contribution in [-0.2, 0) is 14.1 Å². The van der Waals surface area contributed by atoms with Crippen molar-refractivity contribution in [2.45, 2.75) is 20.8 Å². The van der Waals surface area contributed by atoms with E-state index in [2.05, 4.69) is 48.2 Å². The van der Waals surface area contributed by atoms with Crippen molar-refractivity contribution in [1.82, 2.24) is 4.57 Å². The first-order valence-electron chi connectivity index (χ1n) is 8.66. The van der Waals surface area contributed by atoms with Crippen molar-refractivity contribution < 1.29 is 4.57 Å². The number of aromatic nitrogens is 2. The predicted molar refractivity (Wildman–Crippen MR) is 112 cm³/mol. The lowest BCUT2D eigenvalue weighted by atomic mass is 10.2. The Morgan fingerprint density at radius 3 is 1.88 bits per heavy atom. The Hall–Kier alpha value is -3.08. The zero-order valence-corrected chi connectivity index (χ0v) is 16.4. The maximum Gasteiger partial charge on any atom is 0.397 e. The van der Waals surface area contributed by atoms with Gasteiger partial charge in [0, 0.05) is 17.1 Å². The lowest BCUT2D eigenvalue weighted by Gasteiger charge is -2.06. The fraction of sp³-hybridized carbons (Fsp3) is 0.238. The van der Waals surface area contributed by atoms with Crippen LogP contribution in [0.3, 0.4) is 0 Å². The molecule has 0 saturated carbocycles. The van der Waals surface area contributed by atoms with Crippen molar-refractivity contribution in [3.8, 4) is 0 Å². The summed E-state index contributed by atoms with van der Waals surface area (Å²) >= 11 is 0. The number of nitrogen functional groups attached to an aromatic ring is 1. The van der Waals surface area contributed by atoms with Gasteiger partial charge in [0.1, 0.15) is 0 Å². The predicted octanol–water partition coefficient (Wildman–Crippen LogP) is 4.53. The van der Waals surface area contributed by atoms with Gasteiger partial charge in [-0.15, -0.1) is 0 Å². The minimum atomic E-state index is 0.782. The highest BCUT2D eigenvalue weighted by atomic mass is 15.2. The Kier molecular flexibility index (Phi) is 8.64. The van der Waals surface area contributed by atoms with Crippen molar-refractivity contribution >= 4 is 29.7 Å². The van der Waals surface area contributed by atoms with Crippen molar-refractivity contribution in [3.63, 3.8) is 0 Å². The van der Waals surface area contributed by atoms with Crippen LogP contribution < -0.4 is 15.6 Å². The molecular weight excluding hydrogens is 322 g/mol. The average Bonchev–Trinajstić information content (AvgIpc) is 2.99. The van der Waals surface area contributed by atoms with Gasteiger partial charge in [0.15, 0.2) is 0 Å². The fourth-order valence-electron chi connectivity index (χ4n) is 2.18. The molecule has 5 heteroatoms. The van der Waals surface area contributed by atoms with Gasteiger partial charge < -0.3 is 11.1 Å². The summed E-state index contributed by atoms with van der Waals surface area (Å²) in [6.07, 6.45) is 3.87. The van der Waals surface area contributed by atoms with Crippen molar-refractivity contribution in [2.75, 3.05) is 11.1 Å². The highest BCUT2D eigenvalue weighted by molar-refractivity contribution is 5.61. The number of hydrogen-bond donors (Lipinski definition) is 2. The number of anilines is 3. The third kappa shape index (κ3) is 6.43. The number of benzene rings is 2. The molecule has 26 heavy (non-hydrogen) atoms. The van der Waals surface area contributed by atoms with Gasteiger partial charge in [0.2, 0.25) is 0 Å². The molecule has 0 radical (unpaired) electrons. The Labute approximate surface area is 156 Å². The second kappa shape index (κ2) is 10.7. The maximum absolute atomic E-state index is 5.61. The molecule has 0 fully saturated rings. The molecule has 0 spiro atoms. The molecule has 1 heterocycles. The smallest absolute Gasteiger partial charge is 0.397 e. The summed E-state index contributed by atoms with van der Waals surface area (Å²) in [7, 11) is 3.87. The van der Waals surface area contributed by atoms with Gasteiger partial charge in [-0.25, -0.2) is 9.13 Å². The van der Waals surface area contributed by atoms with Crippen LogP contribution in [0.2, 0.25) is 0 Å². The molecule has 0 aliphatic rings. The normalized spacial score (nSPS) is 9.27. The second-order valence-electron chi connectivity index (χ2n) is 5.59. The second-order valence-corrected chi connectivity index (χ2v) is 5.59. The van der Waals surface area contributed by atoms with Crippen LogP contribution >= 0.6 is 0 Å². The van der Waals surface area contributed by atoms with Crippen molar-refractivity contribution in [1.29, 1.82) is 0 Å². The Morgan fingerprint density at radius 1 is 1.00 bits per heavy atom. The highest BCUT2D eigenvalue weighted by Gasteiger charge is 2.05. The van der Waals surface area contributed by atoms with E-state index in [0.29, 0.717) is 0 Å². The van der Waals surface area contributed by atoms with E-state index in [0.717, 1.165) is 23.0 Å². The minimum Gasteiger partial charge on any atom is -0.399 e. The first-order chi connectivity index (χ1) is 12.5. The van der Waals surface area contributed by atoms with Gasteiger partial charge in [-0.05, 0) is 43.3 Å². The number of rotatable bonds is 3. The molecule has 0 bridgehead atoms. The standard InChI is InChI=1S/C13H14N2.C6H10N3.C2H6/c1-10-2-6-12(7-3-10)15-13-8-4-11(14)5-9-13;1-7-6-8(2)4-5-9(6)3;1-2/h2-9,15H,14H2,1H3;4-5H,1H2,2-3H3;1-2H3/q;+1;. The van der Waals surface area contributed by atoms with E-state index in [1.165, 1.54) is 5.56 Å². The van der Waals surface area contributed by atoms with Crippen LogP contribution in [-0.4, -0.2) is 11.3 Å². The summed E-state index contributed by atoms with van der Waals surface area (Å²) in [5.74, 6) is 0.870. The first kappa shape index (κ1) is 21.0. The molecule has 2 aromatic carbocycles. The molecule has 3 N–H and O–H groups in total. The zero-order valence-electron chi connectivity index (χ0n) is 16.4. The summed E-state index contributed by atoms with van der Waals surface area (Å²) in [5.41, 5.74) is 9.79. The van der Waals surface area contributed by atoms with E-state index in [-0.39, 0.29) is 0 Å². The highest BCUT2D eigenvalue weighted by Crippen LogP contribution is 2.17. The van der Waals surface area contributed by atoms with E-state index in [1.807, 2.05) is 73.7 Å². The fourth-order valence-corrected chi connectivity index (χ4v) is 2.18. The van der Waals surface area contributed by atoms with E-state index in [4.69, 9.17) is 5.73 Å². The Bertz CT molecular complexity index is 723. The summed E-state index contributed by atoms with van der Waals surface area (Å²) in [6.45, 7) is 9.51. The third-order valence-electron chi connectivity index (χ3n) is 3.54. The van der Waals surface area contributed by atoms with Gasteiger partial charge in [0.25, 0.3) is 0 Å². The molecule has 1 aromatic heterocycles. The largest absolute Gasteiger partial charge is 0.399 e. The number of aliphatic imine (C=N–C) groups is 1. The number of aryl methyl sites for hydroxylation is 3. The van der Waals surface area contributed by atoms with E-state index in [1.54, 1.807) is 0 Å². The Morgan fingerprint density at radius 2 is 1.50 bits per heavy atom. The topological polar surface area (TPSA) is 59.2 Å². The number of nitrogens with zero attached hydrogens (tertiary/aromatic N) is 3. The number of hydrogen-bond acceptors (Lipinski definition) is 3. The third-order valence-corrected chi connectivity index (χ3v) is 3.54. The zero-order chi connectivity index (χ0) is 19.5. The van der Waals surface area contributed by atoms with Crippen LogP contribution in [0.4, 0.5) is 23.0 Å². The number of nitrogens with two attached hydrogens (primary N) is 1. The first-order valence-corrected chi connectivity index (χ1v) is 8.66. The van der Waals surface area contributed by atoms with Crippen LogP contribution in [0, 0.1) is 6.92 Å². The molecule has 0 atom stereocenters. The molecule has 5 nitrogen and oxygen atoms in total. The molecule has 0 amide bonds. The lowest BCUT2D eigenvalue weighted by Crippen LogP contribution is -2.25. The summed E-state index contributed by atoms with van der Waals surface area (Å²) in [5, 5.41) is 3.30. The van der Waals surface area contributed by atoms with Crippen LogP contribution in [0.15, 0.2) is 65.9 Å². The van der Waals surface area contributed by atoms with Gasteiger partial charge in [-0.2, -0.15) is 0 Å². The van der Waals surface area contributed by atoms with Crippen LogP contribution in [0.1, 0.15) is 19.4 Å². The molecule has 0 aliphatic carbocycles. The van der Waals surface area contributed by atoms with E-state index in [9.17, 15) is 0 Å². The number of nitrogens with one attached hydrogen (secondary N) is 1. The maximum atomic E-state index is 5.61. The van der Waals surface area contributed by atoms with E-state index >= 15 is 0 Å². The van der Waals surface area contributed by atoms with Crippen LogP contribution in [0.25, 0.3) is 0 Å². The van der Waals surface area contributed by atoms with Gasteiger partial charge >= 0.3 is 5.95 Å². The van der Waals surface area contributed by atoms with E-state index < -0.39 is 0 Å². The molecular formula is C21H30N5+.